The molecule has 1 aromatic heterocycles. The van der Waals surface area contributed by atoms with Crippen molar-refractivity contribution >= 4 is 22.6 Å². The highest BCUT2D eigenvalue weighted by Gasteiger charge is 2.30. The summed E-state index contributed by atoms with van der Waals surface area (Å²) in [5, 5.41) is 4.43. The topological polar surface area (TPSA) is 27.1 Å². The highest BCUT2D eigenvalue weighted by molar-refractivity contribution is 14.1. The molecule has 0 amide bonds. The molecule has 0 saturated carbocycles. The van der Waals surface area contributed by atoms with Crippen LogP contribution >= 0.6 is 22.6 Å². The van der Waals surface area contributed by atoms with E-state index in [0.717, 1.165) is 27.1 Å². The summed E-state index contributed by atoms with van der Waals surface area (Å²) in [4.78, 5) is 0. The number of nitrogens with zero attached hydrogens (tertiary/aromatic N) is 2. The van der Waals surface area contributed by atoms with Crippen molar-refractivity contribution in [2.24, 2.45) is 0 Å². The van der Waals surface area contributed by atoms with Crippen molar-refractivity contribution in [3.8, 4) is 5.69 Å². The van der Waals surface area contributed by atoms with Crippen LogP contribution in [0.5, 0.6) is 0 Å². The Morgan fingerprint density at radius 1 is 1.29 bits per heavy atom. The molecule has 0 unspecified atom stereocenters. The van der Waals surface area contributed by atoms with E-state index in [2.05, 4.69) is 27.7 Å². The van der Waals surface area contributed by atoms with E-state index in [0.29, 0.717) is 18.7 Å². The first-order chi connectivity index (χ1) is 9.86. The lowest BCUT2D eigenvalue weighted by Crippen LogP contribution is -2.21. The van der Waals surface area contributed by atoms with Gasteiger partial charge in [-0.2, -0.15) is 18.3 Å². The molecule has 7 heteroatoms. The molecule has 0 saturated heterocycles. The predicted molar refractivity (Wildman–Crippen MR) is 79.2 cm³/mol. The number of ether oxygens (including phenoxy) is 1. The van der Waals surface area contributed by atoms with Crippen LogP contribution in [0.25, 0.3) is 5.69 Å². The van der Waals surface area contributed by atoms with Gasteiger partial charge in [-0.1, -0.05) is 0 Å². The van der Waals surface area contributed by atoms with Gasteiger partial charge >= 0.3 is 6.18 Å². The average molecular weight is 408 g/mol. The highest BCUT2D eigenvalue weighted by atomic mass is 127. The Morgan fingerprint density at radius 3 is 2.57 bits per heavy atom. The standard InChI is InChI=1S/C14H12F3IN2O/c1-8-6-12-11(7-21-8)13(18)19-20(12)10-4-2-9(3-5-10)14(15,16)17/h2-5,8H,6-7H2,1H3/t8-/m0/s1. The smallest absolute Gasteiger partial charge is 0.373 e. The van der Waals surface area contributed by atoms with Crippen molar-refractivity contribution in [3.05, 3.63) is 44.8 Å². The van der Waals surface area contributed by atoms with Gasteiger partial charge in [0.2, 0.25) is 0 Å². The van der Waals surface area contributed by atoms with Crippen LogP contribution in [-0.2, 0) is 23.9 Å². The Hall–Kier alpha value is -1.09. The molecule has 1 aliphatic rings. The van der Waals surface area contributed by atoms with E-state index in [-0.39, 0.29) is 6.10 Å². The van der Waals surface area contributed by atoms with Gasteiger partial charge in [-0.15, -0.1) is 0 Å². The Bertz CT molecular complexity index is 664. The average Bonchev–Trinajstić information content (AvgIpc) is 2.75. The third-order valence-electron chi connectivity index (χ3n) is 3.47. The predicted octanol–water partition coefficient (Wildman–Crippen LogP) is 3.96. The van der Waals surface area contributed by atoms with Crippen molar-refractivity contribution in [3.63, 3.8) is 0 Å². The molecule has 3 nitrogen and oxygen atoms in total. The van der Waals surface area contributed by atoms with Crippen LogP contribution in [0.15, 0.2) is 24.3 Å². The van der Waals surface area contributed by atoms with Crippen LogP contribution in [0.4, 0.5) is 13.2 Å². The lowest BCUT2D eigenvalue weighted by atomic mass is 10.1. The first-order valence-electron chi connectivity index (χ1n) is 6.42. The fraction of sp³-hybridized carbons (Fsp3) is 0.357. The van der Waals surface area contributed by atoms with Crippen LogP contribution in [0.3, 0.4) is 0 Å². The largest absolute Gasteiger partial charge is 0.416 e. The number of rotatable bonds is 1. The SMILES string of the molecule is C[C@H]1Cc2c(c(I)nn2-c2ccc(C(F)(F)F)cc2)CO1. The maximum Gasteiger partial charge on any atom is 0.416 e. The number of hydrogen-bond acceptors (Lipinski definition) is 2. The summed E-state index contributed by atoms with van der Waals surface area (Å²) in [6.45, 7) is 2.47. The van der Waals surface area contributed by atoms with Gasteiger partial charge in [0.1, 0.15) is 3.70 Å². The normalized spacial score (nSPS) is 18.6. The zero-order valence-electron chi connectivity index (χ0n) is 11.1. The number of fused-ring (bicyclic) bond motifs is 1. The molecular formula is C14H12F3IN2O. The van der Waals surface area contributed by atoms with Crippen LogP contribution in [0.2, 0.25) is 0 Å². The van der Waals surface area contributed by atoms with Crippen LogP contribution in [0, 0.1) is 3.70 Å². The molecule has 21 heavy (non-hydrogen) atoms. The lowest BCUT2D eigenvalue weighted by Gasteiger charge is -2.20. The van der Waals surface area contributed by atoms with Crippen molar-refractivity contribution in [2.75, 3.05) is 0 Å². The monoisotopic (exact) mass is 408 g/mol. The number of hydrogen-bond donors (Lipinski definition) is 0. The Kier molecular flexibility index (Phi) is 3.73. The van der Waals surface area contributed by atoms with Crippen molar-refractivity contribution in [1.82, 2.24) is 9.78 Å². The molecule has 2 aromatic rings. The van der Waals surface area contributed by atoms with Crippen molar-refractivity contribution in [1.29, 1.82) is 0 Å². The summed E-state index contributed by atoms with van der Waals surface area (Å²) in [6.07, 6.45) is -3.54. The fourth-order valence-electron chi connectivity index (χ4n) is 2.37. The number of halogens is 4. The Morgan fingerprint density at radius 2 is 1.95 bits per heavy atom. The van der Waals surface area contributed by atoms with Gasteiger partial charge in [-0.25, -0.2) is 4.68 Å². The zero-order chi connectivity index (χ0) is 15.2. The Labute approximate surface area is 133 Å². The maximum atomic E-state index is 12.6. The molecule has 112 valence electrons. The zero-order valence-corrected chi connectivity index (χ0v) is 13.3. The first-order valence-corrected chi connectivity index (χ1v) is 7.49. The molecule has 1 aliphatic heterocycles. The molecule has 2 heterocycles. The van der Waals surface area contributed by atoms with E-state index in [1.807, 2.05) is 6.92 Å². The lowest BCUT2D eigenvalue weighted by molar-refractivity contribution is -0.137. The minimum atomic E-state index is -4.32. The van der Waals surface area contributed by atoms with E-state index in [1.165, 1.54) is 12.1 Å². The molecule has 0 aliphatic carbocycles. The third-order valence-corrected chi connectivity index (χ3v) is 4.34. The van der Waals surface area contributed by atoms with E-state index in [4.69, 9.17) is 4.74 Å². The van der Waals surface area contributed by atoms with Gasteiger partial charge in [-0.3, -0.25) is 0 Å². The summed E-state index contributed by atoms with van der Waals surface area (Å²) < 4.78 is 46.0. The molecular weight excluding hydrogens is 396 g/mol. The minimum absolute atomic E-state index is 0.0817. The first kappa shape index (κ1) is 14.8. The number of alkyl halides is 3. The number of aromatic nitrogens is 2. The molecule has 0 spiro atoms. The van der Waals surface area contributed by atoms with E-state index < -0.39 is 11.7 Å². The van der Waals surface area contributed by atoms with Crippen molar-refractivity contribution < 1.29 is 17.9 Å². The third kappa shape index (κ3) is 2.80. The van der Waals surface area contributed by atoms with Crippen LogP contribution in [0.1, 0.15) is 23.7 Å². The van der Waals surface area contributed by atoms with Gasteiger partial charge < -0.3 is 4.74 Å². The van der Waals surface area contributed by atoms with Gasteiger partial charge in [0, 0.05) is 12.0 Å². The van der Waals surface area contributed by atoms with Gasteiger partial charge in [0.25, 0.3) is 0 Å². The summed E-state index contributed by atoms with van der Waals surface area (Å²) in [7, 11) is 0. The molecule has 1 aromatic carbocycles. The van der Waals surface area contributed by atoms with Gasteiger partial charge in [0.15, 0.2) is 0 Å². The second kappa shape index (κ2) is 5.28. The van der Waals surface area contributed by atoms with Gasteiger partial charge in [-0.05, 0) is 53.8 Å². The summed E-state index contributed by atoms with van der Waals surface area (Å²) in [5.74, 6) is 0. The van der Waals surface area contributed by atoms with Crippen molar-refractivity contribution in [2.45, 2.75) is 32.2 Å². The molecule has 0 radical (unpaired) electrons. The van der Waals surface area contributed by atoms with E-state index >= 15 is 0 Å². The molecule has 3 rings (SSSR count). The number of benzene rings is 1. The van der Waals surface area contributed by atoms with E-state index in [9.17, 15) is 13.2 Å². The fourth-order valence-corrected chi connectivity index (χ4v) is 3.05. The Balaban J connectivity index is 2.01. The summed E-state index contributed by atoms with van der Waals surface area (Å²) in [5.41, 5.74) is 2.02. The molecule has 0 N–H and O–H groups in total. The highest BCUT2D eigenvalue weighted by Crippen LogP contribution is 2.31. The quantitative estimate of drug-likeness (QED) is 0.669. The second-order valence-corrected chi connectivity index (χ2v) is 6.02. The maximum absolute atomic E-state index is 12.6. The molecule has 1 atom stereocenters. The molecule has 0 fully saturated rings. The summed E-state index contributed by atoms with van der Waals surface area (Å²) >= 11 is 2.13. The second-order valence-electron chi connectivity index (χ2n) is 5.00. The summed E-state index contributed by atoms with van der Waals surface area (Å²) in [6, 6.07) is 5.07. The minimum Gasteiger partial charge on any atom is -0.373 e. The van der Waals surface area contributed by atoms with Gasteiger partial charge in [0.05, 0.1) is 29.7 Å². The van der Waals surface area contributed by atoms with Crippen LogP contribution in [-0.4, -0.2) is 15.9 Å². The van der Waals surface area contributed by atoms with E-state index in [1.54, 1.807) is 4.68 Å². The molecule has 0 bridgehead atoms. The van der Waals surface area contributed by atoms with Crippen LogP contribution < -0.4 is 0 Å².